The first-order chi connectivity index (χ1) is 8.61. The number of ether oxygens (including phenoxy) is 1. The lowest BCUT2D eigenvalue weighted by atomic mass is 10.3. The summed E-state index contributed by atoms with van der Waals surface area (Å²) in [7, 11) is 0. The Kier molecular flexibility index (Phi) is 4.04. The standard InChI is InChI=1S/C14H23N3O/c1-5-8-15-12-10(4)14(18-9(2)3)17-13(16-12)11-6-7-11/h9,11H,5-8H2,1-4H3,(H,15,16,17). The second-order valence-corrected chi connectivity index (χ2v) is 5.23. The van der Waals surface area contributed by atoms with E-state index in [0.29, 0.717) is 5.92 Å². The number of hydrogen-bond donors (Lipinski definition) is 1. The van der Waals surface area contributed by atoms with Gasteiger partial charge in [-0.2, -0.15) is 4.98 Å². The Balaban J connectivity index is 2.28. The molecule has 1 heterocycles. The minimum atomic E-state index is 0.143. The summed E-state index contributed by atoms with van der Waals surface area (Å²) in [5.41, 5.74) is 1.02. The highest BCUT2D eigenvalue weighted by atomic mass is 16.5. The summed E-state index contributed by atoms with van der Waals surface area (Å²) in [6.07, 6.45) is 3.64. The van der Waals surface area contributed by atoms with Gasteiger partial charge in [-0.25, -0.2) is 4.98 Å². The van der Waals surface area contributed by atoms with Gasteiger partial charge >= 0.3 is 0 Å². The maximum Gasteiger partial charge on any atom is 0.222 e. The van der Waals surface area contributed by atoms with Crippen LogP contribution in [0.1, 0.15) is 57.3 Å². The van der Waals surface area contributed by atoms with Crippen molar-refractivity contribution in [2.24, 2.45) is 0 Å². The molecule has 100 valence electrons. The Morgan fingerprint density at radius 1 is 1.33 bits per heavy atom. The molecular weight excluding hydrogens is 226 g/mol. The molecule has 4 heteroatoms. The quantitative estimate of drug-likeness (QED) is 0.840. The molecule has 0 amide bonds. The van der Waals surface area contributed by atoms with E-state index < -0.39 is 0 Å². The summed E-state index contributed by atoms with van der Waals surface area (Å²) in [6.45, 7) is 9.15. The Hall–Kier alpha value is -1.32. The van der Waals surface area contributed by atoms with Gasteiger partial charge in [-0.1, -0.05) is 6.92 Å². The maximum atomic E-state index is 5.79. The van der Waals surface area contributed by atoms with Crippen molar-refractivity contribution in [1.29, 1.82) is 0 Å². The molecular formula is C14H23N3O. The molecule has 0 radical (unpaired) electrons. The third-order valence-corrected chi connectivity index (χ3v) is 2.95. The zero-order valence-electron chi connectivity index (χ0n) is 11.8. The molecule has 1 aromatic rings. The molecule has 1 aromatic heterocycles. The van der Waals surface area contributed by atoms with Crippen LogP contribution in [0, 0.1) is 6.92 Å². The predicted octanol–water partition coefficient (Wildman–Crippen LogP) is 3.27. The normalized spacial score (nSPS) is 14.9. The van der Waals surface area contributed by atoms with Gasteiger partial charge in [0.2, 0.25) is 5.88 Å². The molecule has 1 aliphatic rings. The van der Waals surface area contributed by atoms with Crippen LogP contribution in [-0.2, 0) is 0 Å². The second kappa shape index (κ2) is 5.55. The maximum absolute atomic E-state index is 5.79. The van der Waals surface area contributed by atoms with E-state index in [4.69, 9.17) is 4.74 Å². The number of nitrogens with one attached hydrogen (secondary N) is 1. The van der Waals surface area contributed by atoms with Crippen LogP contribution in [-0.4, -0.2) is 22.6 Å². The molecule has 0 bridgehead atoms. The van der Waals surface area contributed by atoms with E-state index >= 15 is 0 Å². The molecule has 18 heavy (non-hydrogen) atoms. The zero-order valence-corrected chi connectivity index (χ0v) is 11.8. The molecule has 0 atom stereocenters. The lowest BCUT2D eigenvalue weighted by Crippen LogP contribution is -2.13. The largest absolute Gasteiger partial charge is 0.475 e. The summed E-state index contributed by atoms with van der Waals surface area (Å²) in [6, 6.07) is 0. The Morgan fingerprint density at radius 2 is 2.06 bits per heavy atom. The van der Waals surface area contributed by atoms with Crippen molar-refractivity contribution in [3.8, 4) is 5.88 Å². The minimum Gasteiger partial charge on any atom is -0.475 e. The van der Waals surface area contributed by atoms with E-state index in [1.165, 1.54) is 12.8 Å². The average molecular weight is 249 g/mol. The van der Waals surface area contributed by atoms with E-state index in [9.17, 15) is 0 Å². The van der Waals surface area contributed by atoms with Gasteiger partial charge in [0.15, 0.2) is 0 Å². The van der Waals surface area contributed by atoms with Crippen LogP contribution in [0.3, 0.4) is 0 Å². The van der Waals surface area contributed by atoms with Crippen molar-refractivity contribution in [1.82, 2.24) is 9.97 Å². The second-order valence-electron chi connectivity index (χ2n) is 5.23. The lowest BCUT2D eigenvalue weighted by molar-refractivity contribution is 0.230. The monoisotopic (exact) mass is 249 g/mol. The van der Waals surface area contributed by atoms with Crippen LogP contribution in [0.25, 0.3) is 0 Å². The van der Waals surface area contributed by atoms with E-state index in [1.54, 1.807) is 0 Å². The number of rotatable bonds is 6. The van der Waals surface area contributed by atoms with Gasteiger partial charge in [-0.3, -0.25) is 0 Å². The number of anilines is 1. The average Bonchev–Trinajstić information content (AvgIpc) is 3.13. The molecule has 1 aliphatic carbocycles. The number of nitrogens with zero attached hydrogens (tertiary/aromatic N) is 2. The van der Waals surface area contributed by atoms with Crippen molar-refractivity contribution in [2.75, 3.05) is 11.9 Å². The predicted molar refractivity (Wildman–Crippen MR) is 73.3 cm³/mol. The van der Waals surface area contributed by atoms with Crippen LogP contribution in [0.2, 0.25) is 0 Å². The highest BCUT2D eigenvalue weighted by Gasteiger charge is 2.28. The fourth-order valence-electron chi connectivity index (χ4n) is 1.79. The van der Waals surface area contributed by atoms with Crippen molar-refractivity contribution < 1.29 is 4.74 Å². The van der Waals surface area contributed by atoms with Gasteiger partial charge in [0.1, 0.15) is 11.6 Å². The van der Waals surface area contributed by atoms with E-state index in [-0.39, 0.29) is 6.10 Å². The molecule has 0 unspecified atom stereocenters. The first-order valence-electron chi connectivity index (χ1n) is 6.90. The highest BCUT2D eigenvalue weighted by molar-refractivity contribution is 5.49. The van der Waals surface area contributed by atoms with E-state index in [2.05, 4.69) is 22.2 Å². The molecule has 4 nitrogen and oxygen atoms in total. The first-order valence-corrected chi connectivity index (χ1v) is 6.90. The van der Waals surface area contributed by atoms with Crippen molar-refractivity contribution in [3.05, 3.63) is 11.4 Å². The summed E-state index contributed by atoms with van der Waals surface area (Å²) >= 11 is 0. The van der Waals surface area contributed by atoms with Crippen LogP contribution >= 0.6 is 0 Å². The molecule has 0 aliphatic heterocycles. The minimum absolute atomic E-state index is 0.143. The number of aromatic nitrogens is 2. The molecule has 1 saturated carbocycles. The summed E-state index contributed by atoms with van der Waals surface area (Å²) in [4.78, 5) is 9.21. The third kappa shape index (κ3) is 3.12. The fourth-order valence-corrected chi connectivity index (χ4v) is 1.79. The van der Waals surface area contributed by atoms with Gasteiger partial charge in [0.25, 0.3) is 0 Å². The third-order valence-electron chi connectivity index (χ3n) is 2.95. The van der Waals surface area contributed by atoms with Gasteiger partial charge in [0.05, 0.1) is 11.7 Å². The smallest absolute Gasteiger partial charge is 0.222 e. The Bertz CT molecular complexity index is 414. The molecule has 1 N–H and O–H groups in total. The van der Waals surface area contributed by atoms with Crippen molar-refractivity contribution in [2.45, 2.75) is 59.0 Å². The molecule has 0 saturated heterocycles. The van der Waals surface area contributed by atoms with E-state index in [0.717, 1.165) is 36.1 Å². The van der Waals surface area contributed by atoms with E-state index in [1.807, 2.05) is 20.8 Å². The molecule has 1 fully saturated rings. The fraction of sp³-hybridized carbons (Fsp3) is 0.714. The van der Waals surface area contributed by atoms with Crippen LogP contribution in [0.4, 0.5) is 5.82 Å². The van der Waals surface area contributed by atoms with Crippen LogP contribution in [0.5, 0.6) is 5.88 Å². The molecule has 0 spiro atoms. The summed E-state index contributed by atoms with van der Waals surface area (Å²) in [5, 5.41) is 3.37. The van der Waals surface area contributed by atoms with Crippen molar-refractivity contribution >= 4 is 5.82 Å². The first kappa shape index (κ1) is 13.1. The van der Waals surface area contributed by atoms with Gasteiger partial charge in [0, 0.05) is 12.5 Å². The summed E-state index contributed by atoms with van der Waals surface area (Å²) < 4.78 is 5.79. The lowest BCUT2D eigenvalue weighted by Gasteiger charge is -2.16. The van der Waals surface area contributed by atoms with Gasteiger partial charge in [-0.05, 0) is 40.0 Å². The summed E-state index contributed by atoms with van der Waals surface area (Å²) in [5.74, 6) is 3.15. The topological polar surface area (TPSA) is 47.0 Å². The highest BCUT2D eigenvalue weighted by Crippen LogP contribution is 2.40. The van der Waals surface area contributed by atoms with Crippen molar-refractivity contribution in [3.63, 3.8) is 0 Å². The molecule has 0 aromatic carbocycles. The Morgan fingerprint density at radius 3 is 2.61 bits per heavy atom. The number of hydrogen-bond acceptors (Lipinski definition) is 4. The van der Waals surface area contributed by atoms with Crippen LogP contribution < -0.4 is 10.1 Å². The zero-order chi connectivity index (χ0) is 13.1. The Labute approximate surface area is 109 Å². The van der Waals surface area contributed by atoms with Gasteiger partial charge in [-0.15, -0.1) is 0 Å². The SMILES string of the molecule is CCCNc1nc(C2CC2)nc(OC(C)C)c1C. The van der Waals surface area contributed by atoms with Crippen LogP contribution in [0.15, 0.2) is 0 Å². The van der Waals surface area contributed by atoms with Gasteiger partial charge < -0.3 is 10.1 Å². The molecule has 2 rings (SSSR count).